The third kappa shape index (κ3) is 3.24. The summed E-state index contributed by atoms with van der Waals surface area (Å²) in [5.74, 6) is 1.01. The van der Waals surface area contributed by atoms with Crippen molar-refractivity contribution in [3.8, 4) is 0 Å². The minimum atomic E-state index is 0.209. The first-order chi connectivity index (χ1) is 9.84. The predicted molar refractivity (Wildman–Crippen MR) is 84.5 cm³/mol. The first-order valence-corrected chi connectivity index (χ1v) is 8.39. The maximum absolute atomic E-state index is 6.30. The van der Waals surface area contributed by atoms with Gasteiger partial charge in [-0.3, -0.25) is 0 Å². The second kappa shape index (κ2) is 6.73. The van der Waals surface area contributed by atoms with E-state index >= 15 is 0 Å². The number of fused-ring (bicyclic) bond motifs is 1. The highest BCUT2D eigenvalue weighted by Crippen LogP contribution is 2.36. The van der Waals surface area contributed by atoms with Crippen LogP contribution in [0.1, 0.15) is 56.6 Å². The molecule has 0 spiro atoms. The number of rotatable bonds is 5. The largest absolute Gasteiger partial charge is 0.324 e. The zero-order valence-electron chi connectivity index (χ0n) is 12.5. The summed E-state index contributed by atoms with van der Waals surface area (Å²) in [7, 11) is 0. The fourth-order valence-electron chi connectivity index (χ4n) is 4.22. The molecule has 2 fully saturated rings. The van der Waals surface area contributed by atoms with Crippen LogP contribution in [-0.2, 0) is 0 Å². The molecule has 20 heavy (non-hydrogen) atoms. The molecule has 1 aromatic rings. The van der Waals surface area contributed by atoms with E-state index in [1.807, 2.05) is 0 Å². The molecule has 3 unspecified atom stereocenters. The third-order valence-electron chi connectivity index (χ3n) is 5.30. The average Bonchev–Trinajstić information content (AvgIpc) is 2.97. The highest BCUT2D eigenvalue weighted by atomic mass is 15.2. The summed E-state index contributed by atoms with van der Waals surface area (Å²) in [6.45, 7) is 2.57. The van der Waals surface area contributed by atoms with E-state index in [0.29, 0.717) is 0 Å². The molecule has 2 nitrogen and oxygen atoms in total. The van der Waals surface area contributed by atoms with Gasteiger partial charge in [-0.15, -0.1) is 0 Å². The number of nitrogens with two attached hydrogens (primary N) is 1. The second-order valence-corrected chi connectivity index (χ2v) is 6.60. The molecule has 3 rings (SSSR count). The SMILES string of the molecule is NC(CCCN1CCCC2CCCC21)c1ccccc1. The molecule has 2 heteroatoms. The molecular formula is C18H28N2. The maximum atomic E-state index is 6.30. The van der Waals surface area contributed by atoms with Gasteiger partial charge in [-0.1, -0.05) is 36.8 Å². The molecule has 0 bridgehead atoms. The smallest absolute Gasteiger partial charge is 0.0295 e. The van der Waals surface area contributed by atoms with Crippen molar-refractivity contribution < 1.29 is 0 Å². The summed E-state index contributed by atoms with van der Waals surface area (Å²) in [6.07, 6.45) is 9.60. The average molecular weight is 272 g/mol. The molecule has 1 saturated heterocycles. The van der Waals surface area contributed by atoms with Gasteiger partial charge in [-0.25, -0.2) is 0 Å². The lowest BCUT2D eigenvalue weighted by Crippen LogP contribution is -2.43. The van der Waals surface area contributed by atoms with Gasteiger partial charge in [0, 0.05) is 12.1 Å². The standard InChI is InChI=1S/C18H28N2/c19-17(15-7-2-1-3-8-15)11-6-14-20-13-5-10-16-9-4-12-18(16)20/h1-3,7-8,16-18H,4-6,9-14,19H2. The number of hydrogen-bond donors (Lipinski definition) is 1. The summed E-state index contributed by atoms with van der Waals surface area (Å²) in [4.78, 5) is 2.76. The van der Waals surface area contributed by atoms with Gasteiger partial charge >= 0.3 is 0 Å². The number of nitrogens with zero attached hydrogens (tertiary/aromatic N) is 1. The van der Waals surface area contributed by atoms with Crippen LogP contribution in [0.25, 0.3) is 0 Å². The van der Waals surface area contributed by atoms with Crippen molar-refractivity contribution in [2.24, 2.45) is 11.7 Å². The van der Waals surface area contributed by atoms with E-state index in [4.69, 9.17) is 5.73 Å². The molecule has 1 saturated carbocycles. The Morgan fingerprint density at radius 1 is 1.10 bits per heavy atom. The molecule has 0 aromatic heterocycles. The van der Waals surface area contributed by atoms with E-state index in [9.17, 15) is 0 Å². The Morgan fingerprint density at radius 3 is 2.75 bits per heavy atom. The van der Waals surface area contributed by atoms with E-state index in [1.54, 1.807) is 0 Å². The Morgan fingerprint density at radius 2 is 1.90 bits per heavy atom. The van der Waals surface area contributed by atoms with Gasteiger partial charge in [-0.05, 0) is 63.1 Å². The lowest BCUT2D eigenvalue weighted by atomic mass is 9.91. The Balaban J connectivity index is 1.45. The van der Waals surface area contributed by atoms with Gasteiger partial charge in [0.1, 0.15) is 0 Å². The van der Waals surface area contributed by atoms with Crippen LogP contribution < -0.4 is 5.73 Å². The summed E-state index contributed by atoms with van der Waals surface area (Å²) in [5, 5.41) is 0. The zero-order chi connectivity index (χ0) is 13.8. The normalized spacial score (nSPS) is 28.2. The lowest BCUT2D eigenvalue weighted by molar-refractivity contribution is 0.110. The minimum absolute atomic E-state index is 0.209. The fourth-order valence-corrected chi connectivity index (χ4v) is 4.22. The highest BCUT2D eigenvalue weighted by molar-refractivity contribution is 5.18. The van der Waals surface area contributed by atoms with Crippen molar-refractivity contribution in [1.29, 1.82) is 0 Å². The van der Waals surface area contributed by atoms with Crippen molar-refractivity contribution >= 4 is 0 Å². The number of likely N-dealkylation sites (tertiary alicyclic amines) is 1. The molecule has 1 aliphatic carbocycles. The summed E-state index contributed by atoms with van der Waals surface area (Å²) >= 11 is 0. The topological polar surface area (TPSA) is 29.3 Å². The van der Waals surface area contributed by atoms with E-state index in [1.165, 1.54) is 57.2 Å². The van der Waals surface area contributed by atoms with Gasteiger partial charge < -0.3 is 10.6 Å². The van der Waals surface area contributed by atoms with Crippen LogP contribution in [0.15, 0.2) is 30.3 Å². The predicted octanol–water partition coefficient (Wildman–Crippen LogP) is 3.73. The summed E-state index contributed by atoms with van der Waals surface area (Å²) in [6, 6.07) is 11.6. The first-order valence-electron chi connectivity index (χ1n) is 8.39. The Labute approximate surface area is 123 Å². The van der Waals surface area contributed by atoms with Crippen molar-refractivity contribution in [1.82, 2.24) is 4.90 Å². The Hall–Kier alpha value is -0.860. The molecule has 2 N–H and O–H groups in total. The highest BCUT2D eigenvalue weighted by Gasteiger charge is 2.34. The van der Waals surface area contributed by atoms with E-state index < -0.39 is 0 Å². The van der Waals surface area contributed by atoms with Crippen molar-refractivity contribution in [3.63, 3.8) is 0 Å². The lowest BCUT2D eigenvalue weighted by Gasteiger charge is -2.38. The first kappa shape index (κ1) is 14.1. The van der Waals surface area contributed by atoms with Crippen LogP contribution in [0.3, 0.4) is 0 Å². The van der Waals surface area contributed by atoms with Crippen molar-refractivity contribution in [2.45, 2.75) is 57.0 Å². The zero-order valence-corrected chi connectivity index (χ0v) is 12.5. The van der Waals surface area contributed by atoms with Gasteiger partial charge in [-0.2, -0.15) is 0 Å². The van der Waals surface area contributed by atoms with Crippen LogP contribution in [0.5, 0.6) is 0 Å². The molecule has 0 amide bonds. The number of piperidine rings is 1. The quantitative estimate of drug-likeness (QED) is 0.885. The van der Waals surface area contributed by atoms with Crippen molar-refractivity contribution in [2.75, 3.05) is 13.1 Å². The minimum Gasteiger partial charge on any atom is -0.324 e. The van der Waals surface area contributed by atoms with Crippen LogP contribution >= 0.6 is 0 Å². The second-order valence-electron chi connectivity index (χ2n) is 6.60. The van der Waals surface area contributed by atoms with Crippen LogP contribution in [0, 0.1) is 5.92 Å². The molecule has 1 aromatic carbocycles. The van der Waals surface area contributed by atoms with E-state index in [0.717, 1.165) is 18.4 Å². The molecule has 1 aliphatic heterocycles. The molecule has 110 valence electrons. The van der Waals surface area contributed by atoms with Gasteiger partial charge in [0.2, 0.25) is 0 Å². The summed E-state index contributed by atoms with van der Waals surface area (Å²) in [5.41, 5.74) is 7.58. The maximum Gasteiger partial charge on any atom is 0.0295 e. The van der Waals surface area contributed by atoms with Crippen LogP contribution in [-0.4, -0.2) is 24.0 Å². The molecule has 3 atom stereocenters. The molecule has 0 radical (unpaired) electrons. The van der Waals surface area contributed by atoms with Gasteiger partial charge in [0.15, 0.2) is 0 Å². The number of hydrogen-bond acceptors (Lipinski definition) is 2. The van der Waals surface area contributed by atoms with Crippen LogP contribution in [0.4, 0.5) is 0 Å². The van der Waals surface area contributed by atoms with E-state index in [-0.39, 0.29) is 6.04 Å². The Bertz CT molecular complexity index is 403. The number of benzene rings is 1. The summed E-state index contributed by atoms with van der Waals surface area (Å²) < 4.78 is 0. The fraction of sp³-hybridized carbons (Fsp3) is 0.667. The van der Waals surface area contributed by atoms with Crippen molar-refractivity contribution in [3.05, 3.63) is 35.9 Å². The molecule has 1 heterocycles. The van der Waals surface area contributed by atoms with Crippen LogP contribution in [0.2, 0.25) is 0 Å². The Kier molecular flexibility index (Phi) is 4.74. The third-order valence-corrected chi connectivity index (χ3v) is 5.30. The molecule has 2 aliphatic rings. The van der Waals surface area contributed by atoms with Gasteiger partial charge in [0.05, 0.1) is 0 Å². The monoisotopic (exact) mass is 272 g/mol. The van der Waals surface area contributed by atoms with Gasteiger partial charge in [0.25, 0.3) is 0 Å². The molecular weight excluding hydrogens is 244 g/mol. The van der Waals surface area contributed by atoms with E-state index in [2.05, 4.69) is 35.2 Å².